The minimum absolute atomic E-state index is 0.0178. The molecule has 1 atom stereocenters. The van der Waals surface area contributed by atoms with Crippen LogP contribution < -0.4 is 0 Å². The lowest BCUT2D eigenvalue weighted by Crippen LogP contribution is -2.18. The van der Waals surface area contributed by atoms with Gasteiger partial charge in [-0.3, -0.25) is 9.78 Å². The average molecular weight is 275 g/mol. The van der Waals surface area contributed by atoms with E-state index in [2.05, 4.69) is 26.0 Å². The van der Waals surface area contributed by atoms with Crippen LogP contribution in [0, 0.1) is 5.92 Å². The van der Waals surface area contributed by atoms with E-state index in [1.165, 1.54) is 18.4 Å². The van der Waals surface area contributed by atoms with Crippen molar-refractivity contribution in [3.8, 4) is 0 Å². The van der Waals surface area contributed by atoms with E-state index in [0.29, 0.717) is 6.61 Å². The summed E-state index contributed by atoms with van der Waals surface area (Å²) in [6.07, 6.45) is 6.95. The molecular formula is C17H25NO2. The van der Waals surface area contributed by atoms with E-state index in [1.54, 1.807) is 0 Å². The third-order valence-electron chi connectivity index (χ3n) is 3.89. The zero-order valence-corrected chi connectivity index (χ0v) is 12.7. The number of aromatic nitrogens is 1. The summed E-state index contributed by atoms with van der Waals surface area (Å²) in [5.41, 5.74) is 3.49. The first-order valence-electron chi connectivity index (χ1n) is 7.88. The summed E-state index contributed by atoms with van der Waals surface area (Å²) in [4.78, 5) is 16.7. The lowest BCUT2D eigenvalue weighted by molar-refractivity contribution is -0.148. The Balaban J connectivity index is 1.91. The minimum Gasteiger partial charge on any atom is -0.465 e. The molecule has 1 heterocycles. The maximum atomic E-state index is 12.0. The van der Waals surface area contributed by atoms with Crippen LogP contribution in [0.15, 0.2) is 12.1 Å². The summed E-state index contributed by atoms with van der Waals surface area (Å²) in [5.74, 6) is -0.0673. The molecule has 1 aliphatic rings. The third kappa shape index (κ3) is 3.81. The van der Waals surface area contributed by atoms with Gasteiger partial charge in [0.1, 0.15) is 0 Å². The van der Waals surface area contributed by atoms with Gasteiger partial charge < -0.3 is 4.74 Å². The molecule has 20 heavy (non-hydrogen) atoms. The van der Waals surface area contributed by atoms with Crippen molar-refractivity contribution < 1.29 is 9.53 Å². The number of pyridine rings is 1. The van der Waals surface area contributed by atoms with Gasteiger partial charge in [-0.05, 0) is 37.3 Å². The second kappa shape index (κ2) is 7.41. The standard InChI is InChI=1S/C17H25NO2/c1-3-5-7-15-9-8-13-11-14(12-16(13)18-15)17(19)20-10-6-4-2/h8-9,14H,3-7,10-12H2,1-2H3/t14-/m1/s1. The number of fused-ring (bicyclic) bond motifs is 1. The second-order valence-corrected chi connectivity index (χ2v) is 5.64. The van der Waals surface area contributed by atoms with Gasteiger partial charge in [0.05, 0.1) is 12.5 Å². The van der Waals surface area contributed by atoms with Crippen molar-refractivity contribution in [2.75, 3.05) is 6.61 Å². The van der Waals surface area contributed by atoms with E-state index in [1.807, 2.05) is 0 Å². The molecule has 0 fully saturated rings. The number of aryl methyl sites for hydroxylation is 1. The van der Waals surface area contributed by atoms with Crippen molar-refractivity contribution in [2.24, 2.45) is 5.92 Å². The van der Waals surface area contributed by atoms with Crippen molar-refractivity contribution >= 4 is 5.97 Å². The molecule has 0 aromatic carbocycles. The van der Waals surface area contributed by atoms with Crippen LogP contribution in [0.3, 0.4) is 0 Å². The zero-order valence-electron chi connectivity index (χ0n) is 12.7. The fourth-order valence-corrected chi connectivity index (χ4v) is 2.61. The number of nitrogens with zero attached hydrogens (tertiary/aromatic N) is 1. The average Bonchev–Trinajstić information content (AvgIpc) is 2.88. The lowest BCUT2D eigenvalue weighted by Gasteiger charge is -2.08. The van der Waals surface area contributed by atoms with Crippen molar-refractivity contribution in [2.45, 2.75) is 58.8 Å². The first kappa shape index (κ1) is 15.0. The SMILES string of the molecule is CCCCOC(=O)[C@@H]1Cc2ccc(CCCC)nc2C1. The van der Waals surface area contributed by atoms with Gasteiger partial charge >= 0.3 is 5.97 Å². The maximum Gasteiger partial charge on any atom is 0.309 e. The van der Waals surface area contributed by atoms with Crippen LogP contribution in [0.1, 0.15) is 56.5 Å². The van der Waals surface area contributed by atoms with Crippen LogP contribution >= 0.6 is 0 Å². The van der Waals surface area contributed by atoms with Gasteiger partial charge in [0.2, 0.25) is 0 Å². The Morgan fingerprint density at radius 2 is 2.05 bits per heavy atom. The molecule has 0 saturated heterocycles. The van der Waals surface area contributed by atoms with Gasteiger partial charge in [0.15, 0.2) is 0 Å². The Labute approximate surface area is 121 Å². The number of hydrogen-bond acceptors (Lipinski definition) is 3. The number of rotatable bonds is 7. The van der Waals surface area contributed by atoms with Crippen molar-refractivity contribution in [1.29, 1.82) is 0 Å². The summed E-state index contributed by atoms with van der Waals surface area (Å²) < 4.78 is 5.33. The highest BCUT2D eigenvalue weighted by Gasteiger charge is 2.29. The Kier molecular flexibility index (Phi) is 5.57. The smallest absolute Gasteiger partial charge is 0.309 e. The first-order valence-corrected chi connectivity index (χ1v) is 7.88. The Morgan fingerprint density at radius 1 is 1.25 bits per heavy atom. The van der Waals surface area contributed by atoms with Crippen molar-refractivity contribution in [3.63, 3.8) is 0 Å². The van der Waals surface area contributed by atoms with E-state index in [0.717, 1.165) is 43.5 Å². The van der Waals surface area contributed by atoms with E-state index >= 15 is 0 Å². The summed E-state index contributed by atoms with van der Waals surface area (Å²) in [5, 5.41) is 0. The molecule has 1 aromatic rings. The summed E-state index contributed by atoms with van der Waals surface area (Å²) in [6, 6.07) is 4.26. The Bertz CT molecular complexity index is 456. The van der Waals surface area contributed by atoms with Gasteiger partial charge in [0, 0.05) is 17.8 Å². The summed E-state index contributed by atoms with van der Waals surface area (Å²) in [7, 11) is 0. The zero-order chi connectivity index (χ0) is 14.4. The predicted molar refractivity (Wildman–Crippen MR) is 79.6 cm³/mol. The van der Waals surface area contributed by atoms with Crippen LogP contribution in [-0.2, 0) is 28.8 Å². The Hall–Kier alpha value is -1.38. The van der Waals surface area contributed by atoms with Crippen molar-refractivity contribution in [1.82, 2.24) is 4.98 Å². The maximum absolute atomic E-state index is 12.0. The molecule has 0 radical (unpaired) electrons. The van der Waals surface area contributed by atoms with Gasteiger partial charge in [-0.2, -0.15) is 0 Å². The molecule has 2 rings (SSSR count). The van der Waals surface area contributed by atoms with E-state index in [9.17, 15) is 4.79 Å². The largest absolute Gasteiger partial charge is 0.465 e. The predicted octanol–water partition coefficient (Wildman–Crippen LogP) is 3.48. The number of esters is 1. The number of hydrogen-bond donors (Lipinski definition) is 0. The monoisotopic (exact) mass is 275 g/mol. The molecule has 0 saturated carbocycles. The molecule has 1 aliphatic carbocycles. The van der Waals surface area contributed by atoms with E-state index in [-0.39, 0.29) is 11.9 Å². The first-order chi connectivity index (χ1) is 9.74. The third-order valence-corrected chi connectivity index (χ3v) is 3.89. The van der Waals surface area contributed by atoms with Crippen LogP contribution in [0.2, 0.25) is 0 Å². The van der Waals surface area contributed by atoms with Gasteiger partial charge in [0.25, 0.3) is 0 Å². The molecule has 0 unspecified atom stereocenters. The highest BCUT2D eigenvalue weighted by atomic mass is 16.5. The molecule has 0 bridgehead atoms. The normalized spacial score (nSPS) is 17.0. The molecule has 0 spiro atoms. The van der Waals surface area contributed by atoms with Gasteiger partial charge in [-0.15, -0.1) is 0 Å². The second-order valence-electron chi connectivity index (χ2n) is 5.64. The summed E-state index contributed by atoms with van der Waals surface area (Å²) in [6.45, 7) is 4.84. The molecular weight excluding hydrogens is 250 g/mol. The van der Waals surface area contributed by atoms with Gasteiger partial charge in [-0.1, -0.05) is 32.8 Å². The summed E-state index contributed by atoms with van der Waals surface area (Å²) >= 11 is 0. The molecule has 1 aromatic heterocycles. The van der Waals surface area contributed by atoms with E-state index < -0.39 is 0 Å². The fourth-order valence-electron chi connectivity index (χ4n) is 2.61. The number of carbonyl (C=O) groups excluding carboxylic acids is 1. The van der Waals surface area contributed by atoms with Crippen LogP contribution in [-0.4, -0.2) is 17.6 Å². The highest BCUT2D eigenvalue weighted by Crippen LogP contribution is 2.26. The quantitative estimate of drug-likeness (QED) is 0.565. The molecule has 0 aliphatic heterocycles. The highest BCUT2D eigenvalue weighted by molar-refractivity contribution is 5.74. The number of unbranched alkanes of at least 4 members (excludes halogenated alkanes) is 2. The van der Waals surface area contributed by atoms with Gasteiger partial charge in [-0.25, -0.2) is 0 Å². The van der Waals surface area contributed by atoms with Crippen LogP contribution in [0.4, 0.5) is 0 Å². The van der Waals surface area contributed by atoms with E-state index in [4.69, 9.17) is 9.72 Å². The topological polar surface area (TPSA) is 39.2 Å². The van der Waals surface area contributed by atoms with Crippen LogP contribution in [0.25, 0.3) is 0 Å². The Morgan fingerprint density at radius 3 is 2.80 bits per heavy atom. The molecule has 3 nitrogen and oxygen atoms in total. The van der Waals surface area contributed by atoms with Crippen molar-refractivity contribution in [3.05, 3.63) is 29.1 Å². The molecule has 0 N–H and O–H groups in total. The minimum atomic E-state index is -0.0495. The number of carbonyl (C=O) groups is 1. The fraction of sp³-hybridized carbons (Fsp3) is 0.647. The van der Waals surface area contributed by atoms with Crippen LogP contribution in [0.5, 0.6) is 0 Å². The molecule has 0 amide bonds. The lowest BCUT2D eigenvalue weighted by atomic mass is 10.1. The number of ether oxygens (including phenoxy) is 1. The molecule has 110 valence electrons. The molecule has 3 heteroatoms.